The summed E-state index contributed by atoms with van der Waals surface area (Å²) < 4.78 is 48.0. The van der Waals surface area contributed by atoms with E-state index in [1.54, 1.807) is 12.3 Å². The Morgan fingerprint density at radius 1 is 1.13 bits per heavy atom. The molecule has 15 heteroatoms. The van der Waals surface area contributed by atoms with Gasteiger partial charge in [-0.05, 0) is 30.4 Å². The number of hydrogen-bond donors (Lipinski definition) is 4. The monoisotopic (exact) mass is 576 g/mol. The van der Waals surface area contributed by atoms with E-state index in [0.717, 1.165) is 16.8 Å². The number of anilines is 1. The molecule has 4 N–H and O–H groups in total. The number of rotatable bonds is 11. The minimum absolute atomic E-state index is 0. The number of nitrogens with one attached hydrogen (secondary N) is 2. The number of amides is 3. The van der Waals surface area contributed by atoms with Crippen LogP contribution in [0.4, 0.5) is 24.2 Å². The second-order valence-corrected chi connectivity index (χ2v) is 9.48. The van der Waals surface area contributed by atoms with Crippen LogP contribution < -0.4 is 10.6 Å². The van der Waals surface area contributed by atoms with Gasteiger partial charge in [0.05, 0.1) is 12.6 Å². The first-order chi connectivity index (χ1) is 18.0. The molecule has 1 atom stereocenters. The molecule has 0 saturated carbocycles. The summed E-state index contributed by atoms with van der Waals surface area (Å²) in [5, 5.41) is 6.71. The maximum atomic E-state index is 13.9. The number of carbonyl (C=O) groups is 2. The molecule has 1 heterocycles. The van der Waals surface area contributed by atoms with Crippen molar-refractivity contribution in [2.75, 3.05) is 25.6 Å². The van der Waals surface area contributed by atoms with E-state index in [-0.39, 0.29) is 73.5 Å². The van der Waals surface area contributed by atoms with Gasteiger partial charge < -0.3 is 24.7 Å². The summed E-state index contributed by atoms with van der Waals surface area (Å²) in [7, 11) is -3.27. The molecule has 0 aliphatic carbocycles. The summed E-state index contributed by atoms with van der Waals surface area (Å²) in [6.07, 6.45) is 1.01. The van der Waals surface area contributed by atoms with Crippen molar-refractivity contribution < 1.29 is 42.0 Å². The summed E-state index contributed by atoms with van der Waals surface area (Å²) in [6, 6.07) is 11.3. The topological polar surface area (TPSA) is 150 Å². The standard InChI is InChI=1S/C24H27F2N4O7P.Na.H/c1-30(23(31)28-14-18-8-4-10-20(25)22(18)26)19(9-5-11-37-38(33,34)35)15-36-24(32)29-21-12-16-6-2-3-7-17(16)13-27-21;;/h2-4,6-8,10,12-13,19H,5,9,11,14-15H2,1H3,(H,28,31)(H,27,29,32)(H2,33,34,35);;/t19-;;/m0../s1. The number of nitrogens with zero attached hydrogens (tertiary/aromatic N) is 2. The van der Waals surface area contributed by atoms with E-state index in [0.29, 0.717) is 0 Å². The predicted octanol–water partition coefficient (Wildman–Crippen LogP) is 3.51. The Morgan fingerprint density at radius 2 is 1.85 bits per heavy atom. The molecule has 0 saturated heterocycles. The number of benzene rings is 2. The van der Waals surface area contributed by atoms with Crippen LogP contribution in [0.3, 0.4) is 0 Å². The van der Waals surface area contributed by atoms with Gasteiger partial charge in [0.1, 0.15) is 12.4 Å². The first kappa shape index (κ1) is 32.6. The van der Waals surface area contributed by atoms with Gasteiger partial charge in [0.15, 0.2) is 11.6 Å². The number of ether oxygens (including phenoxy) is 1. The molecule has 0 unspecified atom stereocenters. The van der Waals surface area contributed by atoms with E-state index in [1.807, 2.05) is 24.3 Å². The Kier molecular flexibility index (Phi) is 12.7. The number of phosphoric ester groups is 1. The molecular formula is C24H28F2N4NaO7P. The van der Waals surface area contributed by atoms with Crippen molar-refractivity contribution in [2.45, 2.75) is 25.4 Å². The van der Waals surface area contributed by atoms with Crippen molar-refractivity contribution in [1.29, 1.82) is 0 Å². The number of hydrogen-bond acceptors (Lipinski definition) is 6. The Balaban J connectivity index is 0.00000533. The Bertz CT molecular complexity index is 1330. The Morgan fingerprint density at radius 3 is 2.56 bits per heavy atom. The second kappa shape index (κ2) is 15.2. The van der Waals surface area contributed by atoms with Crippen LogP contribution in [0, 0.1) is 11.6 Å². The van der Waals surface area contributed by atoms with Gasteiger partial charge in [-0.2, -0.15) is 0 Å². The van der Waals surface area contributed by atoms with Gasteiger partial charge in [0.2, 0.25) is 0 Å². The van der Waals surface area contributed by atoms with Crippen LogP contribution in [0.15, 0.2) is 54.7 Å². The molecule has 3 rings (SSSR count). The van der Waals surface area contributed by atoms with Gasteiger partial charge in [-0.15, -0.1) is 0 Å². The maximum absolute atomic E-state index is 13.9. The van der Waals surface area contributed by atoms with Crippen molar-refractivity contribution in [2.24, 2.45) is 0 Å². The number of halogens is 2. The van der Waals surface area contributed by atoms with Gasteiger partial charge in [0.25, 0.3) is 0 Å². The molecular weight excluding hydrogens is 548 g/mol. The number of phosphoric acid groups is 1. The average molecular weight is 576 g/mol. The fourth-order valence-electron chi connectivity index (χ4n) is 3.50. The zero-order chi connectivity index (χ0) is 27.7. The molecule has 1 aromatic heterocycles. The summed E-state index contributed by atoms with van der Waals surface area (Å²) in [5.41, 5.74) is -0.0585. The molecule has 0 bridgehead atoms. The van der Waals surface area contributed by atoms with Gasteiger partial charge in [0, 0.05) is 30.7 Å². The number of carbonyl (C=O) groups excluding carboxylic acids is 2. The van der Waals surface area contributed by atoms with E-state index in [1.165, 1.54) is 24.1 Å². The molecule has 206 valence electrons. The van der Waals surface area contributed by atoms with Crippen LogP contribution in [-0.2, 0) is 20.4 Å². The van der Waals surface area contributed by atoms with Gasteiger partial charge >= 0.3 is 49.5 Å². The van der Waals surface area contributed by atoms with Crippen LogP contribution in [0.5, 0.6) is 0 Å². The van der Waals surface area contributed by atoms with Crippen molar-refractivity contribution in [3.05, 3.63) is 71.9 Å². The fourth-order valence-corrected chi connectivity index (χ4v) is 3.87. The Hall–Kier alpha value is -2.64. The van der Waals surface area contributed by atoms with E-state index in [2.05, 4.69) is 20.1 Å². The number of urea groups is 1. The minimum atomic E-state index is -4.67. The van der Waals surface area contributed by atoms with Crippen LogP contribution in [0.25, 0.3) is 10.8 Å². The first-order valence-corrected chi connectivity index (χ1v) is 13.0. The number of fused-ring (bicyclic) bond motifs is 1. The van der Waals surface area contributed by atoms with Crippen LogP contribution in [-0.4, -0.2) is 87.7 Å². The molecule has 0 radical (unpaired) electrons. The number of likely N-dealkylation sites (N-methyl/N-ethyl adjacent to an activating group) is 1. The molecule has 2 aromatic carbocycles. The third-order valence-corrected chi connectivity index (χ3v) is 6.06. The summed E-state index contributed by atoms with van der Waals surface area (Å²) in [6.45, 7) is -0.888. The second-order valence-electron chi connectivity index (χ2n) is 8.24. The van der Waals surface area contributed by atoms with Crippen molar-refractivity contribution >= 4 is 66.1 Å². The zero-order valence-corrected chi connectivity index (χ0v) is 21.2. The van der Waals surface area contributed by atoms with E-state index in [4.69, 9.17) is 14.5 Å². The Labute approximate surface area is 245 Å². The molecule has 0 aliphatic heterocycles. The fraction of sp³-hybridized carbons (Fsp3) is 0.292. The van der Waals surface area contributed by atoms with E-state index >= 15 is 0 Å². The molecule has 0 aliphatic rings. The average Bonchev–Trinajstić information content (AvgIpc) is 2.87. The molecule has 3 aromatic rings. The van der Waals surface area contributed by atoms with Crippen molar-refractivity contribution in [1.82, 2.24) is 15.2 Å². The van der Waals surface area contributed by atoms with Gasteiger partial charge in [-0.1, -0.05) is 36.4 Å². The molecule has 0 spiro atoms. The van der Waals surface area contributed by atoms with Gasteiger partial charge in [-0.3, -0.25) is 9.84 Å². The zero-order valence-electron chi connectivity index (χ0n) is 20.3. The molecule has 0 fully saturated rings. The van der Waals surface area contributed by atoms with Crippen LogP contribution in [0.2, 0.25) is 0 Å². The SMILES string of the molecule is CN(C(=O)NCc1cccc(F)c1F)[C@@H](CCCOP(=O)(O)O)COC(=O)Nc1cc2ccccc2cn1.[NaH]. The third kappa shape index (κ3) is 10.5. The van der Waals surface area contributed by atoms with Crippen LogP contribution in [0.1, 0.15) is 18.4 Å². The molecule has 11 nitrogen and oxygen atoms in total. The molecule has 39 heavy (non-hydrogen) atoms. The number of aromatic nitrogens is 1. The summed E-state index contributed by atoms with van der Waals surface area (Å²) in [4.78, 5) is 48.1. The van der Waals surface area contributed by atoms with E-state index in [9.17, 15) is 22.9 Å². The van der Waals surface area contributed by atoms with Crippen molar-refractivity contribution in [3.63, 3.8) is 0 Å². The van der Waals surface area contributed by atoms with Crippen LogP contribution >= 0.6 is 7.82 Å². The summed E-state index contributed by atoms with van der Waals surface area (Å²) >= 11 is 0. The normalized spacial score (nSPS) is 11.8. The number of pyridine rings is 1. The van der Waals surface area contributed by atoms with Gasteiger partial charge in [-0.25, -0.2) is 27.9 Å². The quantitative estimate of drug-likeness (QED) is 0.154. The third-order valence-electron chi connectivity index (χ3n) is 5.54. The van der Waals surface area contributed by atoms with E-state index < -0.39 is 37.6 Å². The molecule has 3 amide bonds. The van der Waals surface area contributed by atoms with Crippen molar-refractivity contribution in [3.8, 4) is 0 Å². The predicted molar refractivity (Wildman–Crippen MR) is 141 cm³/mol. The first-order valence-electron chi connectivity index (χ1n) is 11.5. The summed E-state index contributed by atoms with van der Waals surface area (Å²) in [5.74, 6) is -1.87.